The van der Waals surface area contributed by atoms with E-state index in [1.807, 2.05) is 0 Å². The first-order valence-corrected chi connectivity index (χ1v) is 5.85. The molecule has 0 N–H and O–H groups in total. The summed E-state index contributed by atoms with van der Waals surface area (Å²) >= 11 is 0. The van der Waals surface area contributed by atoms with Gasteiger partial charge in [-0.1, -0.05) is 6.92 Å². The van der Waals surface area contributed by atoms with Crippen molar-refractivity contribution < 1.29 is 17.6 Å². The van der Waals surface area contributed by atoms with E-state index in [0.29, 0.717) is 17.5 Å². The van der Waals surface area contributed by atoms with Crippen LogP contribution in [0.15, 0.2) is 36.4 Å². The molecular weight excluding hydrogens is 256 g/mol. The van der Waals surface area contributed by atoms with Crippen molar-refractivity contribution in [1.82, 2.24) is 0 Å². The van der Waals surface area contributed by atoms with Gasteiger partial charge in [0.15, 0.2) is 0 Å². The Bertz CT molecular complexity index is 552. The molecule has 0 bridgehead atoms. The topological polar surface area (TPSA) is 0 Å². The summed E-state index contributed by atoms with van der Waals surface area (Å²) < 4.78 is 52.3. The van der Waals surface area contributed by atoms with Crippen molar-refractivity contribution in [2.24, 2.45) is 0 Å². The van der Waals surface area contributed by atoms with Gasteiger partial charge in [-0.3, -0.25) is 0 Å². The molecule has 2 rings (SSSR count). The van der Waals surface area contributed by atoms with Crippen LogP contribution in [0.3, 0.4) is 0 Å². The standard InChI is InChI=1S/C15H12F4/c1-9(11-5-14(18)8-15(19)6-11)2-10-3-12(16)7-13(17)4-10/h3-9H,2H2,1H3/t9-/m1/s1. The minimum atomic E-state index is -0.660. The van der Waals surface area contributed by atoms with Crippen molar-refractivity contribution in [3.63, 3.8) is 0 Å². The van der Waals surface area contributed by atoms with Crippen LogP contribution in [0.2, 0.25) is 0 Å². The fourth-order valence-electron chi connectivity index (χ4n) is 2.06. The Morgan fingerprint density at radius 3 is 1.63 bits per heavy atom. The lowest BCUT2D eigenvalue weighted by molar-refractivity contribution is 0.569. The molecule has 0 spiro atoms. The van der Waals surface area contributed by atoms with Crippen molar-refractivity contribution in [2.45, 2.75) is 19.3 Å². The largest absolute Gasteiger partial charge is 0.207 e. The molecule has 0 radical (unpaired) electrons. The maximum Gasteiger partial charge on any atom is 0.126 e. The zero-order chi connectivity index (χ0) is 14.0. The third kappa shape index (κ3) is 3.56. The van der Waals surface area contributed by atoms with Gasteiger partial charge in [0.2, 0.25) is 0 Å². The summed E-state index contributed by atoms with van der Waals surface area (Å²) in [6.45, 7) is 1.75. The Morgan fingerprint density at radius 2 is 1.16 bits per heavy atom. The van der Waals surface area contributed by atoms with Crippen LogP contribution in [-0.2, 0) is 6.42 Å². The van der Waals surface area contributed by atoms with Gasteiger partial charge in [0.05, 0.1) is 0 Å². The van der Waals surface area contributed by atoms with E-state index in [9.17, 15) is 17.6 Å². The number of halogens is 4. The van der Waals surface area contributed by atoms with Gasteiger partial charge in [-0.25, -0.2) is 17.6 Å². The molecule has 2 aromatic carbocycles. The van der Waals surface area contributed by atoms with Gasteiger partial charge >= 0.3 is 0 Å². The van der Waals surface area contributed by atoms with Crippen molar-refractivity contribution in [1.29, 1.82) is 0 Å². The van der Waals surface area contributed by atoms with Gasteiger partial charge in [0.1, 0.15) is 23.3 Å². The second kappa shape index (κ2) is 5.43. The fourth-order valence-corrected chi connectivity index (χ4v) is 2.06. The summed E-state index contributed by atoms with van der Waals surface area (Å²) in [5.41, 5.74) is 0.914. The number of hydrogen-bond acceptors (Lipinski definition) is 0. The van der Waals surface area contributed by atoms with Gasteiger partial charge < -0.3 is 0 Å². The number of hydrogen-bond donors (Lipinski definition) is 0. The molecule has 0 saturated carbocycles. The smallest absolute Gasteiger partial charge is 0.126 e. The molecule has 0 aliphatic rings. The number of benzene rings is 2. The van der Waals surface area contributed by atoms with E-state index < -0.39 is 23.3 Å². The lowest BCUT2D eigenvalue weighted by Gasteiger charge is -2.12. The molecule has 0 fully saturated rings. The molecule has 0 saturated heterocycles. The molecule has 0 heterocycles. The van der Waals surface area contributed by atoms with Crippen LogP contribution in [0.5, 0.6) is 0 Å². The first-order chi connectivity index (χ1) is 8.94. The van der Waals surface area contributed by atoms with E-state index >= 15 is 0 Å². The maximum atomic E-state index is 13.1. The molecule has 0 aromatic heterocycles. The molecule has 0 nitrogen and oxygen atoms in total. The highest BCUT2D eigenvalue weighted by Gasteiger charge is 2.11. The van der Waals surface area contributed by atoms with E-state index in [1.54, 1.807) is 6.92 Å². The van der Waals surface area contributed by atoms with Gasteiger partial charge in [-0.2, -0.15) is 0 Å². The highest BCUT2D eigenvalue weighted by atomic mass is 19.1. The summed E-state index contributed by atoms with van der Waals surface area (Å²) in [5, 5.41) is 0. The van der Waals surface area contributed by atoms with Crippen molar-refractivity contribution in [2.75, 3.05) is 0 Å². The predicted octanol–water partition coefficient (Wildman–Crippen LogP) is 4.59. The normalized spacial score (nSPS) is 12.5. The van der Waals surface area contributed by atoms with Crippen molar-refractivity contribution in [3.05, 3.63) is 70.8 Å². The highest BCUT2D eigenvalue weighted by Crippen LogP contribution is 2.23. The summed E-state index contributed by atoms with van der Waals surface area (Å²) in [6, 6.07) is 6.46. The lowest BCUT2D eigenvalue weighted by Crippen LogP contribution is -2.01. The first kappa shape index (κ1) is 13.6. The Hall–Kier alpha value is -1.84. The van der Waals surface area contributed by atoms with Crippen LogP contribution < -0.4 is 0 Å². The van der Waals surface area contributed by atoms with Crippen molar-refractivity contribution >= 4 is 0 Å². The maximum absolute atomic E-state index is 13.1. The van der Waals surface area contributed by atoms with E-state index in [2.05, 4.69) is 0 Å². The van der Waals surface area contributed by atoms with Crippen LogP contribution in [0, 0.1) is 23.3 Å². The monoisotopic (exact) mass is 268 g/mol. The average Bonchev–Trinajstić information content (AvgIpc) is 2.25. The molecule has 2 aromatic rings. The molecule has 4 heteroatoms. The Labute approximate surface area is 108 Å². The first-order valence-electron chi connectivity index (χ1n) is 5.85. The Balaban J connectivity index is 2.22. The minimum Gasteiger partial charge on any atom is -0.207 e. The summed E-state index contributed by atoms with van der Waals surface area (Å²) in [6.07, 6.45) is 0.303. The van der Waals surface area contributed by atoms with Gasteiger partial charge in [0.25, 0.3) is 0 Å². The fraction of sp³-hybridized carbons (Fsp3) is 0.200. The zero-order valence-electron chi connectivity index (χ0n) is 10.3. The van der Waals surface area contributed by atoms with Crippen molar-refractivity contribution in [3.8, 4) is 0 Å². The minimum absolute atomic E-state index is 0.244. The average molecular weight is 268 g/mol. The zero-order valence-corrected chi connectivity index (χ0v) is 10.3. The summed E-state index contributed by atoms with van der Waals surface area (Å²) in [5.74, 6) is -2.88. The molecule has 0 aliphatic heterocycles. The lowest BCUT2D eigenvalue weighted by atomic mass is 9.93. The summed E-state index contributed by atoms with van der Waals surface area (Å²) in [7, 11) is 0. The number of rotatable bonds is 3. The van der Waals surface area contributed by atoms with Gasteiger partial charge in [0, 0.05) is 12.1 Å². The quantitative estimate of drug-likeness (QED) is 0.714. The molecule has 0 unspecified atom stereocenters. The molecule has 1 atom stereocenters. The van der Waals surface area contributed by atoms with Crippen LogP contribution >= 0.6 is 0 Å². The Kier molecular flexibility index (Phi) is 3.88. The molecule has 100 valence electrons. The SMILES string of the molecule is C[C@H](Cc1cc(F)cc(F)c1)c1cc(F)cc(F)c1. The predicted molar refractivity (Wildman–Crippen MR) is 64.8 cm³/mol. The van der Waals surface area contributed by atoms with E-state index in [4.69, 9.17) is 0 Å². The van der Waals surface area contributed by atoms with Crippen LogP contribution in [0.1, 0.15) is 24.0 Å². The second-order valence-corrected chi connectivity index (χ2v) is 4.59. The van der Waals surface area contributed by atoms with Crippen LogP contribution in [0.4, 0.5) is 17.6 Å². The highest BCUT2D eigenvalue weighted by molar-refractivity contribution is 5.25. The third-order valence-corrected chi connectivity index (χ3v) is 2.92. The van der Waals surface area contributed by atoms with E-state index in [-0.39, 0.29) is 5.92 Å². The summed E-state index contributed by atoms with van der Waals surface area (Å²) in [4.78, 5) is 0. The second-order valence-electron chi connectivity index (χ2n) is 4.59. The van der Waals surface area contributed by atoms with Gasteiger partial charge in [-0.05, 0) is 47.7 Å². The molecule has 19 heavy (non-hydrogen) atoms. The Morgan fingerprint density at radius 1 is 0.737 bits per heavy atom. The molecule has 0 aliphatic carbocycles. The van der Waals surface area contributed by atoms with Crippen LogP contribution in [0.25, 0.3) is 0 Å². The third-order valence-electron chi connectivity index (χ3n) is 2.92. The molecular formula is C15H12F4. The van der Waals surface area contributed by atoms with E-state index in [1.165, 1.54) is 24.3 Å². The molecule has 0 amide bonds. The van der Waals surface area contributed by atoms with Crippen LogP contribution in [-0.4, -0.2) is 0 Å². The van der Waals surface area contributed by atoms with Gasteiger partial charge in [-0.15, -0.1) is 0 Å². The van der Waals surface area contributed by atoms with E-state index in [0.717, 1.165) is 12.1 Å².